The molecule has 2 heterocycles. The first-order valence-electron chi connectivity index (χ1n) is 6.39. The predicted molar refractivity (Wildman–Crippen MR) is 68.2 cm³/mol. The zero-order valence-corrected chi connectivity index (χ0v) is 11.8. The van der Waals surface area contributed by atoms with Gasteiger partial charge in [-0.25, -0.2) is 0 Å². The highest BCUT2D eigenvalue weighted by Crippen LogP contribution is 2.21. The van der Waals surface area contributed by atoms with Crippen molar-refractivity contribution in [2.24, 2.45) is 5.92 Å². The van der Waals surface area contributed by atoms with Crippen molar-refractivity contribution in [3.63, 3.8) is 0 Å². The molecule has 0 bridgehead atoms. The van der Waals surface area contributed by atoms with E-state index in [0.29, 0.717) is 11.5 Å². The second-order valence-electron chi connectivity index (χ2n) is 5.03. The lowest BCUT2D eigenvalue weighted by molar-refractivity contribution is -0.144. The van der Waals surface area contributed by atoms with E-state index in [4.69, 9.17) is 14.4 Å². The van der Waals surface area contributed by atoms with E-state index in [0.717, 1.165) is 5.56 Å². The number of aryl methyl sites for hydroxylation is 2. The van der Waals surface area contributed by atoms with Crippen molar-refractivity contribution in [3.8, 4) is 0 Å². The number of hydrogen-bond acceptors (Lipinski definition) is 5. The molecule has 1 aliphatic rings. The van der Waals surface area contributed by atoms with E-state index in [1.54, 1.807) is 20.9 Å². The summed E-state index contributed by atoms with van der Waals surface area (Å²) in [4.78, 5) is 24.9. The third-order valence-corrected chi connectivity index (χ3v) is 3.77. The Kier molecular flexibility index (Phi) is 4.08. The number of aromatic nitrogens is 1. The summed E-state index contributed by atoms with van der Waals surface area (Å²) in [6.45, 7) is 3.92. The minimum Gasteiger partial charge on any atom is -0.481 e. The van der Waals surface area contributed by atoms with Gasteiger partial charge in [0, 0.05) is 12.6 Å². The Hall–Kier alpha value is -1.89. The second kappa shape index (κ2) is 5.62. The average Bonchev–Trinajstić information content (AvgIpc) is 2.99. The number of hydrogen-bond donors (Lipinski definition) is 1. The standard InChI is InChI=1S/C13H18N2O5/c1-7-9(8(2)20-14-7)4-12(16)15(3)11-6-19-5-10(11)13(17)18/h10-11H,4-6H2,1-3H3,(H,17,18). The number of amides is 1. The molecule has 1 aromatic heterocycles. The van der Waals surface area contributed by atoms with Crippen LogP contribution in [0.15, 0.2) is 4.52 Å². The fourth-order valence-corrected chi connectivity index (χ4v) is 2.38. The molecule has 1 amide bonds. The molecule has 7 heteroatoms. The van der Waals surface area contributed by atoms with E-state index in [9.17, 15) is 9.59 Å². The van der Waals surface area contributed by atoms with Crippen LogP contribution in [-0.2, 0) is 20.7 Å². The average molecular weight is 282 g/mol. The zero-order chi connectivity index (χ0) is 14.9. The molecule has 7 nitrogen and oxygen atoms in total. The van der Waals surface area contributed by atoms with E-state index < -0.39 is 17.9 Å². The maximum atomic E-state index is 12.3. The lowest BCUT2D eigenvalue weighted by Gasteiger charge is -2.26. The summed E-state index contributed by atoms with van der Waals surface area (Å²) in [7, 11) is 1.61. The van der Waals surface area contributed by atoms with Crippen LogP contribution in [0.5, 0.6) is 0 Å². The highest BCUT2D eigenvalue weighted by molar-refractivity contribution is 5.80. The summed E-state index contributed by atoms with van der Waals surface area (Å²) in [6, 6.07) is -0.430. The Labute approximate surface area is 116 Å². The number of likely N-dealkylation sites (N-methyl/N-ethyl adjacent to an activating group) is 1. The Morgan fingerprint density at radius 2 is 2.10 bits per heavy atom. The number of carboxylic acids is 1. The van der Waals surface area contributed by atoms with Gasteiger partial charge in [0.2, 0.25) is 5.91 Å². The van der Waals surface area contributed by atoms with Gasteiger partial charge in [-0.3, -0.25) is 9.59 Å². The fraction of sp³-hybridized carbons (Fsp3) is 0.615. The molecule has 20 heavy (non-hydrogen) atoms. The molecule has 1 N–H and O–H groups in total. The molecule has 2 unspecified atom stereocenters. The van der Waals surface area contributed by atoms with Crippen LogP contribution in [0.25, 0.3) is 0 Å². The van der Waals surface area contributed by atoms with Crippen LogP contribution >= 0.6 is 0 Å². The largest absolute Gasteiger partial charge is 0.481 e. The minimum absolute atomic E-state index is 0.142. The summed E-state index contributed by atoms with van der Waals surface area (Å²) >= 11 is 0. The minimum atomic E-state index is -0.940. The van der Waals surface area contributed by atoms with Crippen LogP contribution in [0.4, 0.5) is 0 Å². The second-order valence-corrected chi connectivity index (χ2v) is 5.03. The van der Waals surface area contributed by atoms with Crippen LogP contribution in [0.1, 0.15) is 17.0 Å². The SMILES string of the molecule is Cc1noc(C)c1CC(=O)N(C)C1COCC1C(=O)O. The molecule has 1 saturated heterocycles. The van der Waals surface area contributed by atoms with E-state index >= 15 is 0 Å². The smallest absolute Gasteiger partial charge is 0.311 e. The third-order valence-electron chi connectivity index (χ3n) is 3.77. The number of rotatable bonds is 4. The predicted octanol–water partition coefficient (Wildman–Crippen LogP) is 0.392. The summed E-state index contributed by atoms with van der Waals surface area (Å²) in [5, 5.41) is 12.9. The number of carbonyl (C=O) groups is 2. The Balaban J connectivity index is 2.07. The van der Waals surface area contributed by atoms with Crippen molar-refractivity contribution in [3.05, 3.63) is 17.0 Å². The molecule has 0 radical (unpaired) electrons. The van der Waals surface area contributed by atoms with Gasteiger partial charge in [0.1, 0.15) is 11.7 Å². The van der Waals surface area contributed by atoms with Gasteiger partial charge in [-0.1, -0.05) is 5.16 Å². The van der Waals surface area contributed by atoms with Crippen LogP contribution < -0.4 is 0 Å². The first-order valence-corrected chi connectivity index (χ1v) is 6.39. The van der Waals surface area contributed by atoms with Crippen LogP contribution in [-0.4, -0.2) is 53.3 Å². The van der Waals surface area contributed by atoms with Gasteiger partial charge in [-0.05, 0) is 13.8 Å². The van der Waals surface area contributed by atoms with Gasteiger partial charge in [-0.15, -0.1) is 0 Å². The van der Waals surface area contributed by atoms with Gasteiger partial charge in [0.15, 0.2) is 0 Å². The van der Waals surface area contributed by atoms with E-state index in [2.05, 4.69) is 5.16 Å². The molecule has 2 rings (SSSR count). The van der Waals surface area contributed by atoms with Crippen LogP contribution in [0.2, 0.25) is 0 Å². The molecule has 0 spiro atoms. The van der Waals surface area contributed by atoms with Gasteiger partial charge in [0.05, 0.1) is 31.4 Å². The number of carbonyl (C=O) groups excluding carboxylic acids is 1. The summed E-state index contributed by atoms with van der Waals surface area (Å²) < 4.78 is 10.2. The molecular weight excluding hydrogens is 264 g/mol. The van der Waals surface area contributed by atoms with Crippen LogP contribution in [0, 0.1) is 19.8 Å². The number of aliphatic carboxylic acids is 1. The van der Waals surface area contributed by atoms with Gasteiger partial charge in [-0.2, -0.15) is 0 Å². The summed E-state index contributed by atoms with van der Waals surface area (Å²) in [5.74, 6) is -1.17. The highest BCUT2D eigenvalue weighted by atomic mass is 16.5. The summed E-state index contributed by atoms with van der Waals surface area (Å²) in [6.07, 6.45) is 0.153. The Morgan fingerprint density at radius 1 is 1.40 bits per heavy atom. The third kappa shape index (κ3) is 2.67. The zero-order valence-electron chi connectivity index (χ0n) is 11.8. The highest BCUT2D eigenvalue weighted by Gasteiger charge is 2.38. The lowest BCUT2D eigenvalue weighted by Crippen LogP contribution is -2.44. The van der Waals surface area contributed by atoms with Crippen molar-refractivity contribution < 1.29 is 24.0 Å². The van der Waals surface area contributed by atoms with E-state index in [1.807, 2.05) is 0 Å². The maximum Gasteiger partial charge on any atom is 0.311 e. The molecule has 2 atom stereocenters. The molecule has 0 aliphatic carbocycles. The molecule has 1 aromatic rings. The van der Waals surface area contributed by atoms with Crippen molar-refractivity contribution in [2.45, 2.75) is 26.3 Å². The number of nitrogens with zero attached hydrogens (tertiary/aromatic N) is 2. The molecule has 110 valence electrons. The monoisotopic (exact) mass is 282 g/mol. The van der Waals surface area contributed by atoms with E-state index in [-0.39, 0.29) is 25.5 Å². The topological polar surface area (TPSA) is 92.9 Å². The Bertz CT molecular complexity index is 505. The first kappa shape index (κ1) is 14.5. The molecule has 1 fully saturated rings. The van der Waals surface area contributed by atoms with Crippen molar-refractivity contribution in [1.82, 2.24) is 10.1 Å². The lowest BCUT2D eigenvalue weighted by atomic mass is 10.0. The van der Waals surface area contributed by atoms with Crippen LogP contribution in [0.3, 0.4) is 0 Å². The number of ether oxygens (including phenoxy) is 1. The Morgan fingerprint density at radius 3 is 2.65 bits per heavy atom. The normalized spacial score (nSPS) is 21.9. The molecular formula is C13H18N2O5. The maximum absolute atomic E-state index is 12.3. The van der Waals surface area contributed by atoms with Crippen molar-refractivity contribution >= 4 is 11.9 Å². The molecule has 1 aliphatic heterocycles. The van der Waals surface area contributed by atoms with Crippen molar-refractivity contribution in [2.75, 3.05) is 20.3 Å². The quantitative estimate of drug-likeness (QED) is 0.858. The van der Waals surface area contributed by atoms with E-state index in [1.165, 1.54) is 4.90 Å². The van der Waals surface area contributed by atoms with Gasteiger partial charge < -0.3 is 19.3 Å². The number of carboxylic acid groups (broad SMARTS) is 1. The van der Waals surface area contributed by atoms with Crippen molar-refractivity contribution in [1.29, 1.82) is 0 Å². The molecule has 0 aromatic carbocycles. The van der Waals surface area contributed by atoms with Gasteiger partial charge >= 0.3 is 5.97 Å². The summed E-state index contributed by atoms with van der Waals surface area (Å²) in [5.41, 5.74) is 1.44. The fourth-order valence-electron chi connectivity index (χ4n) is 2.38. The molecule has 0 saturated carbocycles. The first-order chi connectivity index (χ1) is 9.41. The van der Waals surface area contributed by atoms with Gasteiger partial charge in [0.25, 0.3) is 0 Å².